The van der Waals surface area contributed by atoms with Gasteiger partial charge in [0.25, 0.3) is 5.88 Å². The first-order chi connectivity index (χ1) is 12.0. The fourth-order valence-corrected chi connectivity index (χ4v) is 2.07. The van der Waals surface area contributed by atoms with Gasteiger partial charge >= 0.3 is 12.1 Å². The van der Waals surface area contributed by atoms with Gasteiger partial charge in [0, 0.05) is 24.9 Å². The number of aromatic nitrogens is 5. The highest BCUT2D eigenvalue weighted by atomic mass is 19.4. The molecule has 12 heteroatoms. The van der Waals surface area contributed by atoms with E-state index in [1.807, 2.05) is 0 Å². The lowest BCUT2D eigenvalue weighted by molar-refractivity contribution is -0.154. The molecular formula is C14H9F6N5O. The Labute approximate surface area is 141 Å². The van der Waals surface area contributed by atoms with E-state index in [9.17, 15) is 26.3 Å². The lowest BCUT2D eigenvalue weighted by Gasteiger charge is -2.10. The fourth-order valence-electron chi connectivity index (χ4n) is 2.07. The van der Waals surface area contributed by atoms with Crippen molar-refractivity contribution in [2.24, 2.45) is 0 Å². The van der Waals surface area contributed by atoms with E-state index in [1.165, 1.54) is 0 Å². The molecule has 0 aromatic carbocycles. The number of hydrogen-bond acceptors (Lipinski definition) is 5. The summed E-state index contributed by atoms with van der Waals surface area (Å²) in [6, 6.07) is 0.834. The second-order valence-corrected chi connectivity index (χ2v) is 5.33. The Morgan fingerprint density at radius 2 is 1.81 bits per heavy atom. The van der Waals surface area contributed by atoms with Gasteiger partial charge in [0.2, 0.25) is 5.82 Å². The SMILES string of the molecule is CC(F)(F)c1nnc2cnc(-c3cnc(OCC(F)(F)F)c(F)c3)cn12. The molecule has 6 nitrogen and oxygen atoms in total. The van der Waals surface area contributed by atoms with E-state index in [4.69, 9.17) is 0 Å². The van der Waals surface area contributed by atoms with Crippen LogP contribution in [0.15, 0.2) is 24.7 Å². The molecule has 0 aliphatic rings. The first-order valence-corrected chi connectivity index (χ1v) is 6.99. The number of fused-ring (bicyclic) bond motifs is 1. The Bertz CT molecular complexity index is 949. The van der Waals surface area contributed by atoms with Crippen molar-refractivity contribution in [2.45, 2.75) is 19.0 Å². The second-order valence-electron chi connectivity index (χ2n) is 5.33. The Kier molecular flexibility index (Phi) is 4.20. The first-order valence-electron chi connectivity index (χ1n) is 6.99. The number of ether oxygens (including phenoxy) is 1. The number of alkyl halides is 5. The summed E-state index contributed by atoms with van der Waals surface area (Å²) in [6.07, 6.45) is -1.34. The van der Waals surface area contributed by atoms with Crippen molar-refractivity contribution in [3.63, 3.8) is 0 Å². The van der Waals surface area contributed by atoms with Crippen LogP contribution in [-0.4, -0.2) is 37.3 Å². The molecule has 0 saturated carbocycles. The van der Waals surface area contributed by atoms with Crippen LogP contribution in [-0.2, 0) is 5.92 Å². The molecule has 0 N–H and O–H groups in total. The maximum atomic E-state index is 13.9. The molecule has 0 bridgehead atoms. The van der Waals surface area contributed by atoms with Crippen LogP contribution in [0.3, 0.4) is 0 Å². The van der Waals surface area contributed by atoms with Gasteiger partial charge < -0.3 is 4.74 Å². The number of rotatable bonds is 4. The number of nitrogens with zero attached hydrogens (tertiary/aromatic N) is 5. The average Bonchev–Trinajstić information content (AvgIpc) is 2.96. The van der Waals surface area contributed by atoms with Gasteiger partial charge in [-0.1, -0.05) is 0 Å². The molecule has 0 amide bonds. The summed E-state index contributed by atoms with van der Waals surface area (Å²) in [7, 11) is 0. The Morgan fingerprint density at radius 3 is 2.42 bits per heavy atom. The van der Waals surface area contributed by atoms with Crippen molar-refractivity contribution in [2.75, 3.05) is 6.61 Å². The molecule has 3 heterocycles. The van der Waals surface area contributed by atoms with Crippen molar-refractivity contribution in [3.8, 4) is 17.1 Å². The third kappa shape index (κ3) is 3.68. The second kappa shape index (κ2) is 6.11. The normalized spacial score (nSPS) is 12.6. The smallest absolute Gasteiger partial charge is 0.422 e. The van der Waals surface area contributed by atoms with Crippen LogP contribution < -0.4 is 4.74 Å². The van der Waals surface area contributed by atoms with Crippen molar-refractivity contribution < 1.29 is 31.1 Å². The van der Waals surface area contributed by atoms with E-state index < -0.39 is 36.2 Å². The number of hydrogen-bond donors (Lipinski definition) is 0. The standard InChI is InChI=1S/C14H9F6N5O/c1-13(16,17)12-24-23-10-4-21-9(5-25(10)12)7-2-8(15)11(22-3-7)26-6-14(18,19)20/h2-5H,6H2,1H3. The third-order valence-corrected chi connectivity index (χ3v) is 3.16. The first kappa shape index (κ1) is 17.9. The average molecular weight is 377 g/mol. The molecule has 0 radical (unpaired) electrons. The minimum Gasteiger partial charge on any atom is -0.466 e. The fraction of sp³-hybridized carbons (Fsp3) is 0.286. The van der Waals surface area contributed by atoms with Crippen LogP contribution in [0.4, 0.5) is 26.3 Å². The van der Waals surface area contributed by atoms with Gasteiger partial charge in [-0.15, -0.1) is 10.2 Å². The Morgan fingerprint density at radius 1 is 1.08 bits per heavy atom. The third-order valence-electron chi connectivity index (χ3n) is 3.16. The quantitative estimate of drug-likeness (QED) is 0.653. The zero-order valence-electron chi connectivity index (χ0n) is 12.9. The topological polar surface area (TPSA) is 65.2 Å². The van der Waals surface area contributed by atoms with Gasteiger partial charge in [-0.05, 0) is 6.07 Å². The summed E-state index contributed by atoms with van der Waals surface area (Å²) >= 11 is 0. The predicted octanol–water partition coefficient (Wildman–Crippen LogP) is 3.38. The number of halogens is 6. The molecule has 0 atom stereocenters. The molecule has 0 fully saturated rings. The molecule has 3 aromatic heterocycles. The summed E-state index contributed by atoms with van der Waals surface area (Å²) in [5, 5.41) is 6.94. The molecule has 0 aliphatic carbocycles. The number of pyridine rings is 1. The van der Waals surface area contributed by atoms with Gasteiger partial charge in [-0.2, -0.15) is 22.0 Å². The van der Waals surface area contributed by atoms with Gasteiger partial charge in [0.15, 0.2) is 18.1 Å². The van der Waals surface area contributed by atoms with E-state index >= 15 is 0 Å². The molecular weight excluding hydrogens is 368 g/mol. The summed E-state index contributed by atoms with van der Waals surface area (Å²) in [5.74, 6) is -5.91. The summed E-state index contributed by atoms with van der Waals surface area (Å²) < 4.78 is 82.5. The van der Waals surface area contributed by atoms with Gasteiger partial charge in [-0.3, -0.25) is 9.38 Å². The van der Waals surface area contributed by atoms with Gasteiger partial charge in [-0.25, -0.2) is 9.37 Å². The lowest BCUT2D eigenvalue weighted by atomic mass is 10.2. The molecule has 26 heavy (non-hydrogen) atoms. The lowest BCUT2D eigenvalue weighted by Crippen LogP contribution is -2.20. The highest BCUT2D eigenvalue weighted by Gasteiger charge is 2.31. The van der Waals surface area contributed by atoms with Gasteiger partial charge in [0.1, 0.15) is 0 Å². The van der Waals surface area contributed by atoms with Crippen LogP contribution in [0.2, 0.25) is 0 Å². The predicted molar refractivity (Wildman–Crippen MR) is 75.1 cm³/mol. The summed E-state index contributed by atoms with van der Waals surface area (Å²) in [5.41, 5.74) is 0.128. The van der Waals surface area contributed by atoms with Crippen LogP contribution in [0.5, 0.6) is 5.88 Å². The largest absolute Gasteiger partial charge is 0.466 e. The highest BCUT2D eigenvalue weighted by molar-refractivity contribution is 5.59. The zero-order valence-corrected chi connectivity index (χ0v) is 12.9. The zero-order chi connectivity index (χ0) is 19.1. The van der Waals surface area contributed by atoms with Crippen LogP contribution in [0.25, 0.3) is 16.9 Å². The molecule has 0 saturated heterocycles. The minimum atomic E-state index is -4.64. The highest BCUT2D eigenvalue weighted by Crippen LogP contribution is 2.28. The van der Waals surface area contributed by atoms with E-state index in [0.717, 1.165) is 29.1 Å². The molecule has 0 spiro atoms. The van der Waals surface area contributed by atoms with Crippen LogP contribution >= 0.6 is 0 Å². The van der Waals surface area contributed by atoms with E-state index in [2.05, 4.69) is 24.9 Å². The minimum absolute atomic E-state index is 0.0385. The van der Waals surface area contributed by atoms with Crippen LogP contribution in [0, 0.1) is 5.82 Å². The molecule has 138 valence electrons. The van der Waals surface area contributed by atoms with Gasteiger partial charge in [0.05, 0.1) is 11.9 Å². The van der Waals surface area contributed by atoms with E-state index in [-0.39, 0.29) is 16.9 Å². The maximum Gasteiger partial charge on any atom is 0.422 e. The van der Waals surface area contributed by atoms with Crippen molar-refractivity contribution >= 4 is 5.65 Å². The summed E-state index contributed by atoms with van der Waals surface area (Å²) in [4.78, 5) is 7.40. The monoisotopic (exact) mass is 377 g/mol. The summed E-state index contributed by atoms with van der Waals surface area (Å²) in [6.45, 7) is -1.06. The van der Waals surface area contributed by atoms with E-state index in [0.29, 0.717) is 6.92 Å². The Hall–Kier alpha value is -2.92. The van der Waals surface area contributed by atoms with Crippen molar-refractivity contribution in [1.29, 1.82) is 0 Å². The van der Waals surface area contributed by atoms with Crippen molar-refractivity contribution in [3.05, 3.63) is 36.3 Å². The van der Waals surface area contributed by atoms with Crippen molar-refractivity contribution in [1.82, 2.24) is 24.6 Å². The molecule has 3 rings (SSSR count). The maximum absolute atomic E-state index is 13.9. The Balaban J connectivity index is 1.95. The molecule has 3 aromatic rings. The molecule has 0 unspecified atom stereocenters. The van der Waals surface area contributed by atoms with Crippen LogP contribution in [0.1, 0.15) is 12.7 Å². The van der Waals surface area contributed by atoms with E-state index in [1.54, 1.807) is 0 Å². The molecule has 0 aliphatic heterocycles.